The van der Waals surface area contributed by atoms with E-state index in [1.807, 2.05) is 25.1 Å². The molecule has 0 fully saturated rings. The van der Waals surface area contributed by atoms with Gasteiger partial charge in [0.05, 0.1) is 6.61 Å². The predicted molar refractivity (Wildman–Crippen MR) is 107 cm³/mol. The summed E-state index contributed by atoms with van der Waals surface area (Å²) in [4.78, 5) is 9.17. The van der Waals surface area contributed by atoms with Gasteiger partial charge in [0.25, 0.3) is 0 Å². The van der Waals surface area contributed by atoms with E-state index in [1.54, 1.807) is 24.3 Å². The van der Waals surface area contributed by atoms with Gasteiger partial charge in [-0.3, -0.25) is 0 Å². The van der Waals surface area contributed by atoms with Crippen LogP contribution >= 0.6 is 11.6 Å². The molecule has 1 aromatic heterocycles. The first-order valence-electron chi connectivity index (χ1n) is 9.19. The lowest BCUT2D eigenvalue weighted by Crippen LogP contribution is -2.23. The lowest BCUT2D eigenvalue weighted by atomic mass is 9.97. The Morgan fingerprint density at radius 1 is 1.00 bits per heavy atom. The van der Waals surface area contributed by atoms with Crippen molar-refractivity contribution in [1.82, 2.24) is 9.97 Å². The SMILES string of the molecule is CCc1cc(Cc2ccc(C(CO)C(F)(F)F)cc2)nc(-c2cccc(Cl)c2)n1. The Bertz CT molecular complexity index is 975. The van der Waals surface area contributed by atoms with Crippen LogP contribution in [0.4, 0.5) is 13.2 Å². The molecule has 0 bridgehead atoms. The van der Waals surface area contributed by atoms with Gasteiger partial charge in [-0.2, -0.15) is 13.2 Å². The zero-order chi connectivity index (χ0) is 21.0. The van der Waals surface area contributed by atoms with E-state index in [1.165, 1.54) is 12.1 Å². The monoisotopic (exact) mass is 420 g/mol. The van der Waals surface area contributed by atoms with E-state index in [2.05, 4.69) is 9.97 Å². The normalized spacial score (nSPS) is 12.8. The van der Waals surface area contributed by atoms with Crippen molar-refractivity contribution in [1.29, 1.82) is 0 Å². The van der Waals surface area contributed by atoms with Crippen LogP contribution in [0.15, 0.2) is 54.6 Å². The molecule has 0 amide bonds. The minimum Gasteiger partial charge on any atom is -0.395 e. The van der Waals surface area contributed by atoms with E-state index in [0.29, 0.717) is 17.3 Å². The first kappa shape index (κ1) is 21.3. The van der Waals surface area contributed by atoms with Gasteiger partial charge >= 0.3 is 6.18 Å². The Kier molecular flexibility index (Phi) is 6.55. The fourth-order valence-corrected chi connectivity index (χ4v) is 3.25. The third kappa shape index (κ3) is 5.34. The predicted octanol–water partition coefficient (Wildman–Crippen LogP) is 5.59. The van der Waals surface area contributed by atoms with E-state index in [9.17, 15) is 13.2 Å². The van der Waals surface area contributed by atoms with Crippen molar-refractivity contribution in [2.75, 3.05) is 6.61 Å². The molecule has 0 aliphatic carbocycles. The number of hydrogen-bond donors (Lipinski definition) is 1. The number of hydrogen-bond acceptors (Lipinski definition) is 3. The minimum absolute atomic E-state index is 0.0419. The second-order valence-electron chi connectivity index (χ2n) is 6.73. The highest BCUT2D eigenvalue weighted by Crippen LogP contribution is 2.34. The molecule has 0 saturated heterocycles. The number of aliphatic hydroxyl groups is 1. The maximum absolute atomic E-state index is 13.0. The number of alkyl halides is 3. The number of aliphatic hydroxyl groups excluding tert-OH is 1. The van der Waals surface area contributed by atoms with Crippen molar-refractivity contribution in [3.63, 3.8) is 0 Å². The molecule has 0 radical (unpaired) electrons. The van der Waals surface area contributed by atoms with Gasteiger partial charge in [0, 0.05) is 28.4 Å². The minimum atomic E-state index is -4.48. The van der Waals surface area contributed by atoms with Gasteiger partial charge in [0.2, 0.25) is 0 Å². The molecule has 3 nitrogen and oxygen atoms in total. The van der Waals surface area contributed by atoms with Gasteiger partial charge in [-0.05, 0) is 35.7 Å². The van der Waals surface area contributed by atoms with Crippen molar-refractivity contribution in [3.8, 4) is 11.4 Å². The summed E-state index contributed by atoms with van der Waals surface area (Å²) in [5.74, 6) is -1.31. The number of aromatic nitrogens is 2. The second-order valence-corrected chi connectivity index (χ2v) is 7.17. The fraction of sp³-hybridized carbons (Fsp3) is 0.273. The molecule has 3 aromatic rings. The first-order valence-corrected chi connectivity index (χ1v) is 9.57. The lowest BCUT2D eigenvalue weighted by molar-refractivity contribution is -0.158. The summed E-state index contributed by atoms with van der Waals surface area (Å²) in [7, 11) is 0. The van der Waals surface area contributed by atoms with Crippen LogP contribution in [0, 0.1) is 0 Å². The largest absolute Gasteiger partial charge is 0.397 e. The number of nitrogens with zero attached hydrogens (tertiary/aromatic N) is 2. The molecule has 1 N–H and O–H groups in total. The van der Waals surface area contributed by atoms with Crippen LogP contribution in [-0.2, 0) is 12.8 Å². The Labute approximate surface area is 172 Å². The van der Waals surface area contributed by atoms with Crippen LogP contribution in [0.1, 0.15) is 35.4 Å². The summed E-state index contributed by atoms with van der Waals surface area (Å²) in [6.45, 7) is 1.02. The van der Waals surface area contributed by atoms with Crippen LogP contribution in [0.25, 0.3) is 11.4 Å². The molecule has 7 heteroatoms. The Hall–Kier alpha value is -2.44. The first-order chi connectivity index (χ1) is 13.8. The van der Waals surface area contributed by atoms with Crippen LogP contribution in [0.3, 0.4) is 0 Å². The maximum atomic E-state index is 13.0. The summed E-state index contributed by atoms with van der Waals surface area (Å²) < 4.78 is 39.0. The van der Waals surface area contributed by atoms with Crippen LogP contribution in [0.5, 0.6) is 0 Å². The molecule has 0 aliphatic heterocycles. The molecule has 1 atom stereocenters. The molecular formula is C22H20ClF3N2O. The lowest BCUT2D eigenvalue weighted by Gasteiger charge is -2.18. The van der Waals surface area contributed by atoms with Crippen molar-refractivity contribution in [3.05, 3.63) is 82.1 Å². The van der Waals surface area contributed by atoms with E-state index in [4.69, 9.17) is 16.7 Å². The summed E-state index contributed by atoms with van der Waals surface area (Å²) in [5.41, 5.74) is 3.32. The van der Waals surface area contributed by atoms with Crippen LogP contribution in [-0.4, -0.2) is 27.9 Å². The molecule has 0 spiro atoms. The van der Waals surface area contributed by atoms with Gasteiger partial charge in [-0.25, -0.2) is 9.97 Å². The molecular weight excluding hydrogens is 401 g/mol. The summed E-state index contributed by atoms with van der Waals surface area (Å²) in [5, 5.41) is 9.68. The van der Waals surface area contributed by atoms with Gasteiger partial charge < -0.3 is 5.11 Å². The fourth-order valence-electron chi connectivity index (χ4n) is 3.06. The van der Waals surface area contributed by atoms with Crippen LogP contribution in [0.2, 0.25) is 5.02 Å². The molecule has 29 heavy (non-hydrogen) atoms. The summed E-state index contributed by atoms with van der Waals surface area (Å²) >= 11 is 6.07. The number of halogens is 4. The number of benzene rings is 2. The molecule has 2 aromatic carbocycles. The smallest absolute Gasteiger partial charge is 0.395 e. The average Bonchev–Trinajstić information content (AvgIpc) is 2.68. The van der Waals surface area contributed by atoms with E-state index < -0.39 is 18.7 Å². The van der Waals surface area contributed by atoms with Crippen molar-refractivity contribution in [2.24, 2.45) is 0 Å². The van der Waals surface area contributed by atoms with Gasteiger partial charge in [0.1, 0.15) is 5.92 Å². The van der Waals surface area contributed by atoms with E-state index >= 15 is 0 Å². The Morgan fingerprint density at radius 2 is 1.69 bits per heavy atom. The van der Waals surface area contributed by atoms with Crippen LogP contribution < -0.4 is 0 Å². The molecule has 0 aliphatic rings. The quantitative estimate of drug-likeness (QED) is 0.565. The standard InChI is InChI=1S/C22H20ClF3N2O/c1-2-18-12-19(28-21(27-18)16-4-3-5-17(23)11-16)10-14-6-8-15(9-7-14)20(13-29)22(24,25)26/h3-9,11-12,20,29H,2,10,13H2,1H3. The van der Waals surface area contributed by atoms with Crippen molar-refractivity contribution >= 4 is 11.6 Å². The Balaban J connectivity index is 1.87. The summed E-state index contributed by atoms with van der Waals surface area (Å²) in [6, 6.07) is 15.3. The van der Waals surface area contributed by atoms with Gasteiger partial charge in [-0.15, -0.1) is 0 Å². The third-order valence-corrected chi connectivity index (χ3v) is 4.86. The maximum Gasteiger partial charge on any atom is 0.397 e. The van der Waals surface area contributed by atoms with Gasteiger partial charge in [-0.1, -0.05) is 54.9 Å². The number of rotatable bonds is 6. The molecule has 0 saturated carbocycles. The average molecular weight is 421 g/mol. The zero-order valence-electron chi connectivity index (χ0n) is 15.7. The number of aryl methyl sites for hydroxylation is 1. The Morgan fingerprint density at radius 3 is 2.28 bits per heavy atom. The van der Waals surface area contributed by atoms with Crippen molar-refractivity contribution < 1.29 is 18.3 Å². The third-order valence-electron chi connectivity index (χ3n) is 4.62. The topological polar surface area (TPSA) is 46.0 Å². The van der Waals surface area contributed by atoms with Crippen molar-refractivity contribution in [2.45, 2.75) is 31.9 Å². The van der Waals surface area contributed by atoms with E-state index in [0.717, 1.165) is 28.9 Å². The molecule has 3 rings (SSSR count). The highest BCUT2D eigenvalue weighted by atomic mass is 35.5. The highest BCUT2D eigenvalue weighted by molar-refractivity contribution is 6.30. The molecule has 152 valence electrons. The van der Waals surface area contributed by atoms with E-state index in [-0.39, 0.29) is 5.56 Å². The summed E-state index contributed by atoms with van der Waals surface area (Å²) in [6.07, 6.45) is -3.30. The molecule has 1 heterocycles. The molecule has 1 unspecified atom stereocenters. The second kappa shape index (κ2) is 8.93. The van der Waals surface area contributed by atoms with Gasteiger partial charge in [0.15, 0.2) is 5.82 Å². The highest BCUT2D eigenvalue weighted by Gasteiger charge is 2.40. The zero-order valence-corrected chi connectivity index (χ0v) is 16.5.